The van der Waals surface area contributed by atoms with Crippen molar-refractivity contribution >= 4 is 5.91 Å². The smallest absolute Gasteiger partial charge is 0.253 e. The third kappa shape index (κ3) is 5.53. The molecule has 2 fully saturated rings. The Labute approximate surface area is 163 Å². The molecule has 1 saturated heterocycles. The van der Waals surface area contributed by atoms with Crippen LogP contribution in [0.2, 0.25) is 0 Å². The number of hydrazine groups is 1. The van der Waals surface area contributed by atoms with E-state index in [9.17, 15) is 9.90 Å². The average Bonchev–Trinajstić information content (AvgIpc) is 2.86. The molecule has 1 aromatic carbocycles. The number of rotatable bonds is 6. The van der Waals surface area contributed by atoms with Gasteiger partial charge in [0.1, 0.15) is 0 Å². The second-order valence-corrected chi connectivity index (χ2v) is 9.00. The van der Waals surface area contributed by atoms with Gasteiger partial charge < -0.3 is 10.0 Å². The number of fused-ring (bicyclic) bond motifs is 1. The number of nitrogens with zero attached hydrogens (tertiary/aromatic N) is 1. The highest BCUT2D eigenvalue weighted by Crippen LogP contribution is 2.29. The van der Waals surface area contributed by atoms with Gasteiger partial charge in [-0.3, -0.25) is 15.6 Å². The van der Waals surface area contributed by atoms with Gasteiger partial charge in [-0.1, -0.05) is 31.4 Å². The first-order chi connectivity index (χ1) is 12.8. The number of aryl methyl sites for hydroxylation is 1. The van der Waals surface area contributed by atoms with Gasteiger partial charge in [0.05, 0.1) is 5.60 Å². The number of aliphatic hydroxyl groups is 1. The largest absolute Gasteiger partial charge is 0.390 e. The molecule has 1 amide bonds. The van der Waals surface area contributed by atoms with Crippen LogP contribution in [-0.2, 0) is 6.42 Å². The fourth-order valence-electron chi connectivity index (χ4n) is 4.36. The van der Waals surface area contributed by atoms with Crippen LogP contribution in [-0.4, -0.2) is 47.2 Å². The Balaban J connectivity index is 1.55. The molecule has 3 rings (SSSR count). The molecule has 1 heterocycles. The maximum atomic E-state index is 12.8. The zero-order valence-corrected chi connectivity index (χ0v) is 17.0. The molecule has 3 atom stereocenters. The van der Waals surface area contributed by atoms with Crippen molar-refractivity contribution < 1.29 is 9.90 Å². The summed E-state index contributed by atoms with van der Waals surface area (Å²) in [5, 5.41) is 9.86. The van der Waals surface area contributed by atoms with Gasteiger partial charge in [-0.05, 0) is 63.1 Å². The van der Waals surface area contributed by atoms with Crippen molar-refractivity contribution in [2.75, 3.05) is 13.6 Å². The van der Waals surface area contributed by atoms with E-state index in [-0.39, 0.29) is 5.91 Å². The first-order valence-electron chi connectivity index (χ1n) is 10.4. The first kappa shape index (κ1) is 20.3. The lowest BCUT2D eigenvalue weighted by Crippen LogP contribution is -2.43. The van der Waals surface area contributed by atoms with E-state index in [0.29, 0.717) is 24.4 Å². The zero-order chi connectivity index (χ0) is 19.4. The van der Waals surface area contributed by atoms with E-state index in [1.165, 1.54) is 32.1 Å². The third-order valence-corrected chi connectivity index (χ3v) is 6.08. The van der Waals surface area contributed by atoms with Crippen molar-refractivity contribution in [2.24, 2.45) is 5.92 Å². The fourth-order valence-corrected chi connectivity index (χ4v) is 4.36. The lowest BCUT2D eigenvalue weighted by Gasteiger charge is -2.26. The van der Waals surface area contributed by atoms with Gasteiger partial charge in [0.25, 0.3) is 5.91 Å². The van der Waals surface area contributed by atoms with Crippen LogP contribution in [0.15, 0.2) is 24.3 Å². The number of hydrogen-bond donors (Lipinski definition) is 3. The summed E-state index contributed by atoms with van der Waals surface area (Å²) in [5.74, 6) is 0.690. The van der Waals surface area contributed by atoms with Crippen LogP contribution in [0.1, 0.15) is 68.3 Å². The minimum atomic E-state index is -0.660. The summed E-state index contributed by atoms with van der Waals surface area (Å²) in [6, 6.07) is 8.71. The van der Waals surface area contributed by atoms with Gasteiger partial charge in [0, 0.05) is 31.2 Å². The molecule has 150 valence electrons. The van der Waals surface area contributed by atoms with E-state index in [1.54, 1.807) is 0 Å². The summed E-state index contributed by atoms with van der Waals surface area (Å²) in [6.07, 6.45) is 7.93. The number of likely N-dealkylation sites (N-methyl/N-ethyl adjacent to an activating group) is 1. The fraction of sp³-hybridized carbons (Fsp3) is 0.682. The minimum absolute atomic E-state index is 0.0721. The number of amides is 1. The Bertz CT molecular complexity index is 623. The summed E-state index contributed by atoms with van der Waals surface area (Å²) in [7, 11) is 1.90. The highest BCUT2D eigenvalue weighted by Gasteiger charge is 2.37. The predicted molar refractivity (Wildman–Crippen MR) is 108 cm³/mol. The number of benzene rings is 1. The lowest BCUT2D eigenvalue weighted by atomic mass is 9.90. The van der Waals surface area contributed by atoms with Crippen molar-refractivity contribution in [1.29, 1.82) is 0 Å². The third-order valence-electron chi connectivity index (χ3n) is 6.08. The Morgan fingerprint density at radius 2 is 1.85 bits per heavy atom. The van der Waals surface area contributed by atoms with Crippen LogP contribution in [0.4, 0.5) is 0 Å². The summed E-state index contributed by atoms with van der Waals surface area (Å²) < 4.78 is 0. The molecule has 5 heteroatoms. The van der Waals surface area contributed by atoms with E-state index in [4.69, 9.17) is 0 Å². The van der Waals surface area contributed by atoms with Crippen molar-refractivity contribution in [3.05, 3.63) is 35.4 Å². The Morgan fingerprint density at radius 1 is 1.15 bits per heavy atom. The number of hydrogen-bond acceptors (Lipinski definition) is 4. The molecular formula is C22H35N3O2. The maximum Gasteiger partial charge on any atom is 0.253 e. The van der Waals surface area contributed by atoms with Crippen LogP contribution in [0.25, 0.3) is 0 Å². The van der Waals surface area contributed by atoms with E-state index < -0.39 is 5.60 Å². The summed E-state index contributed by atoms with van der Waals surface area (Å²) in [4.78, 5) is 14.7. The molecular weight excluding hydrogens is 338 g/mol. The van der Waals surface area contributed by atoms with Gasteiger partial charge in [0.2, 0.25) is 0 Å². The van der Waals surface area contributed by atoms with Crippen LogP contribution in [0.3, 0.4) is 0 Å². The monoisotopic (exact) mass is 373 g/mol. The average molecular weight is 374 g/mol. The molecule has 0 spiro atoms. The second-order valence-electron chi connectivity index (χ2n) is 9.00. The molecule has 2 aliphatic rings. The number of carbonyl (C=O) groups is 1. The highest BCUT2D eigenvalue weighted by atomic mass is 16.3. The summed E-state index contributed by atoms with van der Waals surface area (Å²) >= 11 is 0. The normalized spacial score (nSPS) is 25.7. The lowest BCUT2D eigenvalue weighted by molar-refractivity contribution is 0.0712. The molecule has 27 heavy (non-hydrogen) atoms. The maximum absolute atomic E-state index is 12.8. The molecule has 3 N–H and O–H groups in total. The van der Waals surface area contributed by atoms with E-state index in [0.717, 1.165) is 24.1 Å². The molecule has 5 nitrogen and oxygen atoms in total. The predicted octanol–water partition coefficient (Wildman–Crippen LogP) is 2.89. The minimum Gasteiger partial charge on any atom is -0.390 e. The molecule has 1 saturated carbocycles. The topological polar surface area (TPSA) is 64.6 Å². The Morgan fingerprint density at radius 3 is 2.56 bits per heavy atom. The van der Waals surface area contributed by atoms with Crippen molar-refractivity contribution in [3.8, 4) is 0 Å². The van der Waals surface area contributed by atoms with Gasteiger partial charge in [-0.15, -0.1) is 0 Å². The van der Waals surface area contributed by atoms with Gasteiger partial charge in [0.15, 0.2) is 0 Å². The molecule has 1 aliphatic heterocycles. The first-order valence-corrected chi connectivity index (χ1v) is 10.4. The van der Waals surface area contributed by atoms with Crippen LogP contribution >= 0.6 is 0 Å². The van der Waals surface area contributed by atoms with E-state index >= 15 is 0 Å². The van der Waals surface area contributed by atoms with Crippen LogP contribution < -0.4 is 10.9 Å². The van der Waals surface area contributed by atoms with Gasteiger partial charge in [-0.2, -0.15) is 0 Å². The van der Waals surface area contributed by atoms with Crippen LogP contribution in [0, 0.1) is 5.92 Å². The highest BCUT2D eigenvalue weighted by molar-refractivity contribution is 5.94. The molecule has 3 unspecified atom stereocenters. The van der Waals surface area contributed by atoms with Gasteiger partial charge in [-0.25, -0.2) is 0 Å². The van der Waals surface area contributed by atoms with Crippen molar-refractivity contribution in [3.63, 3.8) is 0 Å². The number of nitrogens with one attached hydrogen (secondary N) is 2. The molecule has 1 aliphatic carbocycles. The van der Waals surface area contributed by atoms with Crippen molar-refractivity contribution in [1.82, 2.24) is 15.8 Å². The second kappa shape index (κ2) is 8.72. The number of carbonyl (C=O) groups excluding carboxylic acids is 1. The SMILES string of the molecule is CN(CC1NNC2CCCCCC21)C(=O)c1ccc(CCC(C)(C)O)cc1. The van der Waals surface area contributed by atoms with E-state index in [2.05, 4.69) is 10.9 Å². The quantitative estimate of drug-likeness (QED) is 0.717. The molecule has 0 radical (unpaired) electrons. The molecule has 0 bridgehead atoms. The standard InChI is InChI=1S/C22H35N3O2/c1-22(2,27)14-13-16-9-11-17(12-10-16)21(26)25(3)15-20-18-7-5-4-6-8-19(18)23-24-20/h9-12,18-20,23-24,27H,4-8,13-15H2,1-3H3. The van der Waals surface area contributed by atoms with Crippen molar-refractivity contribution in [2.45, 2.75) is 76.5 Å². The molecule has 1 aromatic rings. The van der Waals surface area contributed by atoms with Gasteiger partial charge >= 0.3 is 0 Å². The van der Waals surface area contributed by atoms with E-state index in [1.807, 2.05) is 50.1 Å². The summed E-state index contributed by atoms with van der Waals surface area (Å²) in [6.45, 7) is 4.38. The molecule has 0 aromatic heterocycles. The Hall–Kier alpha value is -1.43. The Kier molecular flexibility index (Phi) is 6.56. The zero-order valence-electron chi connectivity index (χ0n) is 17.0. The van der Waals surface area contributed by atoms with Crippen LogP contribution in [0.5, 0.6) is 0 Å². The summed E-state index contributed by atoms with van der Waals surface area (Å²) in [5.41, 5.74) is 8.12.